The number of carbonyl (C=O) groups is 3. The molecule has 3 heterocycles. The Balaban J connectivity index is 1.15. The number of esters is 1. The molecule has 14 heteroatoms. The fourth-order valence-corrected chi connectivity index (χ4v) is 8.69. The number of ether oxygens (including phenoxy) is 9. The van der Waals surface area contributed by atoms with Crippen molar-refractivity contribution in [1.82, 2.24) is 4.90 Å². The van der Waals surface area contributed by atoms with Crippen LogP contribution in [0.4, 0.5) is 4.39 Å². The van der Waals surface area contributed by atoms with E-state index < -0.39 is 85.6 Å². The maximum absolute atomic E-state index is 15.3. The maximum Gasteiger partial charge on any atom is 0.303 e. The Bertz CT molecular complexity index is 2320. The largest absolute Gasteiger partial charge is 0.497 e. The highest BCUT2D eigenvalue weighted by atomic mass is 19.1. The number of amides is 2. The van der Waals surface area contributed by atoms with E-state index in [0.717, 1.165) is 21.6 Å². The first-order valence-corrected chi connectivity index (χ1v) is 22.1. The Kier molecular flexibility index (Phi) is 15.6. The Morgan fingerprint density at radius 3 is 1.56 bits per heavy atom. The van der Waals surface area contributed by atoms with Gasteiger partial charge in [0, 0.05) is 6.92 Å². The van der Waals surface area contributed by atoms with E-state index in [1.54, 1.807) is 55.6 Å². The quantitative estimate of drug-likeness (QED) is 0.0602. The van der Waals surface area contributed by atoms with E-state index in [1.807, 2.05) is 97.9 Å². The highest BCUT2D eigenvalue weighted by Crippen LogP contribution is 2.37. The zero-order chi connectivity index (χ0) is 46.0. The number of imide groups is 1. The molecule has 0 radical (unpaired) electrons. The number of rotatable bonds is 19. The summed E-state index contributed by atoms with van der Waals surface area (Å²) in [5, 5.41) is 0. The fraction of sp³-hybridized carbons (Fsp3) is 0.365. The summed E-state index contributed by atoms with van der Waals surface area (Å²) >= 11 is 0. The molecule has 5 aromatic carbocycles. The predicted octanol–water partition coefficient (Wildman–Crippen LogP) is 7.43. The van der Waals surface area contributed by atoms with E-state index in [-0.39, 0.29) is 44.2 Å². The lowest BCUT2D eigenvalue weighted by Gasteiger charge is -2.49. The van der Waals surface area contributed by atoms with E-state index in [1.165, 1.54) is 6.92 Å². The molecular weight excluding hydrogens is 850 g/mol. The zero-order valence-corrected chi connectivity index (χ0v) is 37.0. The lowest BCUT2D eigenvalue weighted by molar-refractivity contribution is -0.302. The number of hydrogen-bond acceptors (Lipinski definition) is 12. The van der Waals surface area contributed by atoms with E-state index in [2.05, 4.69) is 0 Å². The molecule has 0 bridgehead atoms. The van der Waals surface area contributed by atoms with Crippen molar-refractivity contribution < 1.29 is 61.4 Å². The summed E-state index contributed by atoms with van der Waals surface area (Å²) in [5.41, 5.74) is 3.80. The number of nitrogens with zero attached hydrogens (tertiary/aromatic N) is 1. The Morgan fingerprint density at radius 2 is 1.05 bits per heavy atom. The minimum Gasteiger partial charge on any atom is -0.497 e. The first-order chi connectivity index (χ1) is 32.2. The van der Waals surface area contributed by atoms with Gasteiger partial charge in [0.05, 0.1) is 57.4 Å². The molecule has 3 aliphatic heterocycles. The van der Waals surface area contributed by atoms with Gasteiger partial charge in [0.1, 0.15) is 55.1 Å². The molecule has 10 atom stereocenters. The molecule has 5 aromatic rings. The van der Waals surface area contributed by atoms with Crippen LogP contribution < -0.4 is 4.74 Å². The van der Waals surface area contributed by atoms with Crippen molar-refractivity contribution in [2.45, 2.75) is 101 Å². The lowest BCUT2D eigenvalue weighted by atomic mass is 9.93. The summed E-state index contributed by atoms with van der Waals surface area (Å²) in [5.74, 6) is -1.42. The molecular formula is C52H54FNO12. The summed E-state index contributed by atoms with van der Waals surface area (Å²) in [6.45, 7) is 2.29. The summed E-state index contributed by atoms with van der Waals surface area (Å²) in [6, 6.07) is 41.3. The van der Waals surface area contributed by atoms with Gasteiger partial charge < -0.3 is 42.6 Å². The molecule has 3 aliphatic rings. The number of alkyl halides is 1. The van der Waals surface area contributed by atoms with E-state index in [0.29, 0.717) is 11.3 Å². The van der Waals surface area contributed by atoms with Gasteiger partial charge in [-0.15, -0.1) is 0 Å². The first-order valence-electron chi connectivity index (χ1n) is 22.1. The van der Waals surface area contributed by atoms with Crippen molar-refractivity contribution in [3.63, 3.8) is 0 Å². The molecule has 8 rings (SSSR count). The Labute approximate surface area is 383 Å². The Hall–Kier alpha value is -5.84. The highest BCUT2D eigenvalue weighted by Gasteiger charge is 2.57. The second-order valence-electron chi connectivity index (χ2n) is 16.4. The average Bonchev–Trinajstić information content (AvgIpc) is 3.60. The van der Waals surface area contributed by atoms with Crippen molar-refractivity contribution >= 4 is 17.8 Å². The van der Waals surface area contributed by atoms with Crippen molar-refractivity contribution in [3.05, 3.63) is 173 Å². The number of halogens is 1. The highest BCUT2D eigenvalue weighted by molar-refractivity contribution is 6.21. The molecule has 2 saturated heterocycles. The van der Waals surface area contributed by atoms with Crippen LogP contribution in [0.2, 0.25) is 0 Å². The van der Waals surface area contributed by atoms with Gasteiger partial charge in [-0.3, -0.25) is 19.3 Å². The monoisotopic (exact) mass is 903 g/mol. The minimum atomic E-state index is -1.44. The number of fused-ring (bicyclic) bond motifs is 1. The zero-order valence-electron chi connectivity index (χ0n) is 37.0. The van der Waals surface area contributed by atoms with Crippen LogP contribution in [0, 0.1) is 0 Å². The van der Waals surface area contributed by atoms with Crippen LogP contribution in [0.15, 0.2) is 140 Å². The van der Waals surface area contributed by atoms with Crippen LogP contribution in [0.25, 0.3) is 0 Å². The van der Waals surface area contributed by atoms with Crippen molar-refractivity contribution in [3.8, 4) is 5.75 Å². The van der Waals surface area contributed by atoms with E-state index >= 15 is 4.39 Å². The second kappa shape index (κ2) is 22.1. The molecule has 346 valence electrons. The van der Waals surface area contributed by atoms with Crippen LogP contribution >= 0.6 is 0 Å². The second-order valence-corrected chi connectivity index (χ2v) is 16.4. The SMILES string of the molecule is COc1ccc(CO[C@@H]2OC(CF)[C@@H](OC(C)=O)C(OC[C@@H]3OC(C)[C@@H](OCc4ccccc4)C(OCc4ccccc4)C3OCc3ccccc3)C2N2C(=O)c3ccccc3C2=O)cc1. The normalized spacial score (nSPS) is 26.2. The van der Waals surface area contributed by atoms with E-state index in [9.17, 15) is 14.4 Å². The van der Waals surface area contributed by atoms with Crippen LogP contribution in [0.1, 0.15) is 56.8 Å². The van der Waals surface area contributed by atoms with Gasteiger partial charge in [-0.1, -0.05) is 115 Å². The van der Waals surface area contributed by atoms with Crippen LogP contribution in [0.3, 0.4) is 0 Å². The van der Waals surface area contributed by atoms with E-state index in [4.69, 9.17) is 42.6 Å². The van der Waals surface area contributed by atoms with Gasteiger partial charge in [0.2, 0.25) is 0 Å². The van der Waals surface area contributed by atoms with Crippen LogP contribution in [-0.2, 0) is 69.1 Å². The smallest absolute Gasteiger partial charge is 0.303 e. The van der Waals surface area contributed by atoms with Crippen molar-refractivity contribution in [2.75, 3.05) is 20.4 Å². The summed E-state index contributed by atoms with van der Waals surface area (Å²) in [4.78, 5) is 42.5. The molecule has 0 aromatic heterocycles. The molecule has 0 N–H and O–H groups in total. The third kappa shape index (κ3) is 10.9. The fourth-order valence-electron chi connectivity index (χ4n) is 8.69. The maximum atomic E-state index is 15.3. The number of methoxy groups -OCH3 is 1. The van der Waals surface area contributed by atoms with Crippen molar-refractivity contribution in [1.29, 1.82) is 0 Å². The van der Waals surface area contributed by atoms with Gasteiger partial charge in [-0.25, -0.2) is 4.39 Å². The van der Waals surface area contributed by atoms with Gasteiger partial charge in [0.25, 0.3) is 11.8 Å². The molecule has 2 amide bonds. The molecule has 0 saturated carbocycles. The van der Waals surface area contributed by atoms with Gasteiger partial charge in [-0.05, 0) is 53.4 Å². The van der Waals surface area contributed by atoms with Crippen LogP contribution in [0.5, 0.6) is 5.75 Å². The molecule has 66 heavy (non-hydrogen) atoms. The Morgan fingerprint density at radius 1 is 0.561 bits per heavy atom. The number of hydrogen-bond donors (Lipinski definition) is 0. The molecule has 2 fully saturated rings. The van der Waals surface area contributed by atoms with Gasteiger partial charge in [0.15, 0.2) is 12.4 Å². The number of benzene rings is 5. The molecule has 13 nitrogen and oxygen atoms in total. The standard InChI is InChI=1S/C52H54FNO12/c1-33-45(59-28-35-15-7-4-8-16-35)49(61-30-37-19-11-6-12-20-37)46(60-29-36-17-9-5-10-18-36)43(64-33)32-62-48-44(54-50(56)40-21-13-14-22-41(40)51(54)57)52(66-42(27-53)47(48)65-34(2)55)63-31-38-23-25-39(58-3)26-24-38/h4-26,33,42-49,52H,27-32H2,1-3H3/t33?,42?,43-,44?,45+,46?,47+,48?,49?,52+/m0/s1. The average molecular weight is 904 g/mol. The number of carbonyl (C=O) groups excluding carboxylic acids is 3. The van der Waals surface area contributed by atoms with Crippen molar-refractivity contribution in [2.24, 2.45) is 0 Å². The minimum absolute atomic E-state index is 0.0677. The third-order valence-corrected chi connectivity index (χ3v) is 11.9. The molecule has 0 spiro atoms. The van der Waals surface area contributed by atoms with Gasteiger partial charge >= 0.3 is 5.97 Å². The topological polar surface area (TPSA) is 138 Å². The summed E-state index contributed by atoms with van der Waals surface area (Å²) < 4.78 is 72.8. The summed E-state index contributed by atoms with van der Waals surface area (Å²) in [7, 11) is 1.55. The van der Waals surface area contributed by atoms with Crippen LogP contribution in [-0.4, -0.2) is 104 Å². The van der Waals surface area contributed by atoms with Gasteiger partial charge in [-0.2, -0.15) is 0 Å². The molecule has 6 unspecified atom stereocenters. The predicted molar refractivity (Wildman–Crippen MR) is 238 cm³/mol. The lowest BCUT2D eigenvalue weighted by Crippen LogP contribution is -2.67. The first kappa shape index (κ1) is 46.7. The summed E-state index contributed by atoms with van der Waals surface area (Å²) in [6.07, 6.45) is -9.34. The third-order valence-electron chi connectivity index (χ3n) is 11.9. The molecule has 0 aliphatic carbocycles.